The fourth-order valence-electron chi connectivity index (χ4n) is 2.95. The van der Waals surface area contributed by atoms with Crippen molar-refractivity contribution in [2.24, 2.45) is 0 Å². The Hall–Kier alpha value is -1.68. The minimum Gasteiger partial charge on any atom is -0.312 e. The molecule has 0 aromatic heterocycles. The maximum atomic E-state index is 12.5. The number of rotatable bonds is 1. The van der Waals surface area contributed by atoms with Gasteiger partial charge < -0.3 is 5.32 Å². The molecule has 0 spiro atoms. The number of imide groups is 1. The van der Waals surface area contributed by atoms with Crippen molar-refractivity contribution in [3.05, 3.63) is 35.4 Å². The van der Waals surface area contributed by atoms with Crippen LogP contribution in [-0.4, -0.2) is 35.3 Å². The third-order valence-corrected chi connectivity index (χ3v) is 4.08. The van der Waals surface area contributed by atoms with Gasteiger partial charge in [-0.3, -0.25) is 14.5 Å². The summed E-state index contributed by atoms with van der Waals surface area (Å²) in [4.78, 5) is 26.2. The Morgan fingerprint density at radius 2 is 2.00 bits per heavy atom. The maximum Gasteiger partial charge on any atom is 0.261 e. The third kappa shape index (κ3) is 2.16. The zero-order valence-electron chi connectivity index (χ0n) is 11.1. The maximum absolute atomic E-state index is 12.5. The fraction of sp³-hybridized carbons (Fsp3) is 0.467. The van der Waals surface area contributed by atoms with Gasteiger partial charge in [0.15, 0.2) is 0 Å². The lowest BCUT2D eigenvalue weighted by molar-refractivity contribution is -0.130. The number of hydrogen-bond acceptors (Lipinski definition) is 3. The summed E-state index contributed by atoms with van der Waals surface area (Å²) in [5.74, 6) is -0.196. The zero-order valence-corrected chi connectivity index (χ0v) is 11.1. The molecule has 2 amide bonds. The van der Waals surface area contributed by atoms with E-state index in [4.69, 9.17) is 0 Å². The first-order chi connectivity index (χ1) is 9.16. The van der Waals surface area contributed by atoms with Gasteiger partial charge in [-0.05, 0) is 31.4 Å². The second kappa shape index (κ2) is 4.78. The van der Waals surface area contributed by atoms with Gasteiger partial charge in [0.25, 0.3) is 5.91 Å². The second-order valence-electron chi connectivity index (χ2n) is 5.44. The topological polar surface area (TPSA) is 49.4 Å². The highest BCUT2D eigenvalue weighted by atomic mass is 16.2. The van der Waals surface area contributed by atoms with Gasteiger partial charge in [-0.25, -0.2) is 0 Å². The molecule has 19 heavy (non-hydrogen) atoms. The second-order valence-corrected chi connectivity index (χ2v) is 5.44. The van der Waals surface area contributed by atoms with E-state index < -0.39 is 0 Å². The van der Waals surface area contributed by atoms with Crippen molar-refractivity contribution in [3.8, 4) is 0 Å². The molecule has 4 heteroatoms. The highest BCUT2D eigenvalue weighted by Crippen LogP contribution is 2.24. The van der Waals surface area contributed by atoms with Crippen LogP contribution in [0.4, 0.5) is 0 Å². The van der Waals surface area contributed by atoms with E-state index in [0.717, 1.165) is 18.4 Å². The van der Waals surface area contributed by atoms with Crippen LogP contribution in [0.1, 0.15) is 35.7 Å². The zero-order chi connectivity index (χ0) is 13.4. The normalized spacial score (nSPS) is 27.3. The predicted octanol–water partition coefficient (Wildman–Crippen LogP) is 1.35. The van der Waals surface area contributed by atoms with Crippen LogP contribution in [0.25, 0.3) is 0 Å². The average Bonchev–Trinajstić information content (AvgIpc) is 2.41. The fourth-order valence-corrected chi connectivity index (χ4v) is 2.95. The molecule has 2 heterocycles. The number of fused-ring (bicyclic) bond motifs is 1. The van der Waals surface area contributed by atoms with Crippen LogP contribution >= 0.6 is 0 Å². The summed E-state index contributed by atoms with van der Waals surface area (Å²) in [6.07, 6.45) is 2.24. The van der Waals surface area contributed by atoms with Crippen LogP contribution < -0.4 is 5.32 Å². The molecule has 0 aliphatic carbocycles. The smallest absolute Gasteiger partial charge is 0.261 e. The molecule has 100 valence electrons. The van der Waals surface area contributed by atoms with Gasteiger partial charge in [-0.15, -0.1) is 0 Å². The number of carbonyl (C=O) groups excluding carboxylic acids is 2. The number of hydrogen-bond donors (Lipinski definition) is 1. The first-order valence-corrected chi connectivity index (χ1v) is 6.84. The number of nitrogens with one attached hydrogen (secondary N) is 1. The summed E-state index contributed by atoms with van der Waals surface area (Å²) in [6, 6.07) is 7.88. The minimum absolute atomic E-state index is 0.00422. The number of piperidine rings is 1. The molecule has 2 aliphatic rings. The molecule has 0 saturated carbocycles. The molecule has 4 nitrogen and oxygen atoms in total. The van der Waals surface area contributed by atoms with Crippen LogP contribution in [0, 0.1) is 0 Å². The van der Waals surface area contributed by atoms with Gasteiger partial charge in [0.1, 0.15) is 0 Å². The largest absolute Gasteiger partial charge is 0.312 e. The van der Waals surface area contributed by atoms with Crippen molar-refractivity contribution in [2.75, 3.05) is 6.54 Å². The Morgan fingerprint density at radius 3 is 2.74 bits per heavy atom. The van der Waals surface area contributed by atoms with E-state index in [0.29, 0.717) is 24.6 Å². The molecule has 0 radical (unpaired) electrons. The van der Waals surface area contributed by atoms with Crippen molar-refractivity contribution in [1.82, 2.24) is 10.2 Å². The monoisotopic (exact) mass is 258 g/mol. The molecular weight excluding hydrogens is 240 g/mol. The van der Waals surface area contributed by atoms with Gasteiger partial charge in [0.05, 0.1) is 12.5 Å². The van der Waals surface area contributed by atoms with Crippen molar-refractivity contribution in [3.63, 3.8) is 0 Å². The summed E-state index contributed by atoms with van der Waals surface area (Å²) < 4.78 is 0. The molecule has 0 bridgehead atoms. The molecule has 1 aromatic rings. The molecule has 2 unspecified atom stereocenters. The van der Waals surface area contributed by atoms with E-state index in [1.807, 2.05) is 24.3 Å². The van der Waals surface area contributed by atoms with Crippen LogP contribution in [0.5, 0.6) is 0 Å². The first-order valence-electron chi connectivity index (χ1n) is 6.84. The Morgan fingerprint density at radius 1 is 1.21 bits per heavy atom. The van der Waals surface area contributed by atoms with Crippen LogP contribution in [0.3, 0.4) is 0 Å². The van der Waals surface area contributed by atoms with Gasteiger partial charge in [0, 0.05) is 18.2 Å². The molecule has 1 N–H and O–H groups in total. The molecule has 1 fully saturated rings. The summed E-state index contributed by atoms with van der Waals surface area (Å²) >= 11 is 0. The molecule has 3 rings (SSSR count). The Bertz CT molecular complexity index is 519. The summed E-state index contributed by atoms with van der Waals surface area (Å²) in [7, 11) is 0. The molecule has 2 aliphatic heterocycles. The van der Waals surface area contributed by atoms with Crippen molar-refractivity contribution >= 4 is 11.8 Å². The molecular formula is C15H18N2O2. The van der Waals surface area contributed by atoms with Crippen LogP contribution in [0.2, 0.25) is 0 Å². The van der Waals surface area contributed by atoms with Crippen molar-refractivity contribution < 1.29 is 9.59 Å². The lowest BCUT2D eigenvalue weighted by Crippen LogP contribution is -2.55. The molecule has 2 atom stereocenters. The first kappa shape index (κ1) is 12.4. The van der Waals surface area contributed by atoms with Crippen molar-refractivity contribution in [2.45, 2.75) is 38.3 Å². The Balaban J connectivity index is 1.87. The standard InChI is InChI=1S/C15H18N2O2/c1-10-6-7-12(9-16-10)17-14(18)8-11-4-2-3-5-13(11)15(17)19/h2-5,10,12,16H,6-9H2,1H3. The van der Waals surface area contributed by atoms with E-state index >= 15 is 0 Å². The van der Waals surface area contributed by atoms with Gasteiger partial charge in [0.2, 0.25) is 5.91 Å². The predicted molar refractivity (Wildman–Crippen MR) is 71.8 cm³/mol. The van der Waals surface area contributed by atoms with E-state index in [2.05, 4.69) is 12.2 Å². The van der Waals surface area contributed by atoms with Crippen LogP contribution in [-0.2, 0) is 11.2 Å². The Labute approximate surface area is 112 Å². The summed E-state index contributed by atoms with van der Waals surface area (Å²) in [5, 5.41) is 3.35. The van der Waals surface area contributed by atoms with Gasteiger partial charge in [-0.2, -0.15) is 0 Å². The van der Waals surface area contributed by atoms with Crippen molar-refractivity contribution in [1.29, 1.82) is 0 Å². The van der Waals surface area contributed by atoms with Crippen LogP contribution in [0.15, 0.2) is 24.3 Å². The summed E-state index contributed by atoms with van der Waals surface area (Å²) in [6.45, 7) is 2.84. The number of amides is 2. The minimum atomic E-state index is -0.131. The SMILES string of the molecule is CC1CCC(N2C(=O)Cc3ccccc3C2=O)CN1. The third-order valence-electron chi connectivity index (χ3n) is 4.08. The number of nitrogens with zero attached hydrogens (tertiary/aromatic N) is 1. The number of carbonyl (C=O) groups is 2. The van der Waals surface area contributed by atoms with E-state index in [-0.39, 0.29) is 17.9 Å². The lowest BCUT2D eigenvalue weighted by atomic mass is 9.94. The Kier molecular flexibility index (Phi) is 3.11. The summed E-state index contributed by atoms with van der Waals surface area (Å²) in [5.41, 5.74) is 1.53. The van der Waals surface area contributed by atoms with E-state index in [1.54, 1.807) is 0 Å². The molecule has 1 saturated heterocycles. The van der Waals surface area contributed by atoms with E-state index in [9.17, 15) is 9.59 Å². The van der Waals surface area contributed by atoms with Gasteiger partial charge in [-0.1, -0.05) is 18.2 Å². The number of benzene rings is 1. The highest BCUT2D eigenvalue weighted by Gasteiger charge is 2.36. The lowest BCUT2D eigenvalue weighted by Gasteiger charge is -2.37. The quantitative estimate of drug-likeness (QED) is 0.774. The van der Waals surface area contributed by atoms with E-state index in [1.165, 1.54) is 4.90 Å². The highest BCUT2D eigenvalue weighted by molar-refractivity contribution is 6.10. The van der Waals surface area contributed by atoms with Gasteiger partial charge >= 0.3 is 0 Å². The average molecular weight is 258 g/mol. The molecule has 1 aromatic carbocycles.